The number of fused-ring (bicyclic) bond motifs is 2. The molecule has 1 aromatic carbocycles. The molecule has 6 N–H and O–H groups in total. The van der Waals surface area contributed by atoms with Gasteiger partial charge in [0.05, 0.1) is 22.2 Å². The molecule has 2 aliphatic heterocycles. The summed E-state index contributed by atoms with van der Waals surface area (Å²) in [5.74, 6) is -0.0258. The maximum atomic E-state index is 14.0. The zero-order valence-electron chi connectivity index (χ0n) is 38.8. The molecule has 3 atom stereocenters. The number of hydrogen-bond donors (Lipinski definition) is 6. The molecule has 352 valence electrons. The number of nitrogens with one attached hydrogen (secondary N) is 5. The van der Waals surface area contributed by atoms with Gasteiger partial charge in [-0.3, -0.25) is 28.5 Å². The third-order valence-corrected chi connectivity index (χ3v) is 15.0. The Bertz CT molecular complexity index is 2500. The van der Waals surface area contributed by atoms with Gasteiger partial charge < -0.3 is 36.6 Å². The molecule has 2 spiro atoms. The first kappa shape index (κ1) is 46.8. The molecule has 3 aromatic heterocycles. The van der Waals surface area contributed by atoms with Crippen LogP contribution in [-0.2, 0) is 26.6 Å². The molecule has 5 heterocycles. The number of anilines is 3. The minimum absolute atomic E-state index is 0.0197. The summed E-state index contributed by atoms with van der Waals surface area (Å²) in [7, 11) is 0. The van der Waals surface area contributed by atoms with Crippen molar-refractivity contribution >= 4 is 52.3 Å². The summed E-state index contributed by atoms with van der Waals surface area (Å²) in [4.78, 5) is 83.3. The van der Waals surface area contributed by atoms with Crippen molar-refractivity contribution in [3.63, 3.8) is 0 Å². The second-order valence-electron chi connectivity index (χ2n) is 20.0. The van der Waals surface area contributed by atoms with E-state index in [1.165, 1.54) is 24.1 Å². The molecule has 0 bridgehead atoms. The largest absolute Gasteiger partial charge is 0.391 e. The minimum atomic E-state index is -0.873. The quantitative estimate of drug-likeness (QED) is 0.0635. The van der Waals surface area contributed by atoms with Gasteiger partial charge in [-0.2, -0.15) is 0 Å². The number of pyridine rings is 1. The normalized spacial score (nSPS) is 19.6. The molecule has 17 heteroatoms. The van der Waals surface area contributed by atoms with Gasteiger partial charge in [-0.15, -0.1) is 11.3 Å². The molecule has 66 heavy (non-hydrogen) atoms. The van der Waals surface area contributed by atoms with E-state index in [-0.39, 0.29) is 55.1 Å². The average molecular weight is 921 g/mol. The average Bonchev–Trinajstić information content (AvgIpc) is 3.54. The number of aromatic nitrogens is 4. The van der Waals surface area contributed by atoms with Crippen LogP contribution in [0, 0.1) is 24.7 Å². The molecule has 2 aliphatic carbocycles. The highest BCUT2D eigenvalue weighted by Crippen LogP contribution is 2.59. The summed E-state index contributed by atoms with van der Waals surface area (Å²) in [6.45, 7) is 10.5. The van der Waals surface area contributed by atoms with Crippen LogP contribution < -0.4 is 32.1 Å². The van der Waals surface area contributed by atoms with Gasteiger partial charge in [0.2, 0.25) is 17.7 Å². The maximum absolute atomic E-state index is 14.0. The van der Waals surface area contributed by atoms with Gasteiger partial charge in [-0.1, -0.05) is 64.3 Å². The number of aliphatic hydroxyl groups is 1. The number of nitrogens with zero attached hydrogens (tertiary/aromatic N) is 5. The Morgan fingerprint density at radius 3 is 2.32 bits per heavy atom. The van der Waals surface area contributed by atoms with Gasteiger partial charge in [0.1, 0.15) is 47.1 Å². The van der Waals surface area contributed by atoms with Gasteiger partial charge in [0, 0.05) is 38.5 Å². The summed E-state index contributed by atoms with van der Waals surface area (Å²) in [5, 5.41) is 26.2. The predicted molar refractivity (Wildman–Crippen MR) is 254 cm³/mol. The molecule has 3 fully saturated rings. The van der Waals surface area contributed by atoms with Crippen LogP contribution in [0.5, 0.6) is 0 Å². The lowest BCUT2D eigenvalue weighted by Crippen LogP contribution is -2.57. The number of carbonyl (C=O) groups is 4. The van der Waals surface area contributed by atoms with Gasteiger partial charge in [-0.05, 0) is 98.8 Å². The van der Waals surface area contributed by atoms with Crippen LogP contribution in [0.4, 0.5) is 17.3 Å². The highest BCUT2D eigenvalue weighted by atomic mass is 32.1. The van der Waals surface area contributed by atoms with E-state index in [0.29, 0.717) is 41.4 Å². The lowest BCUT2D eigenvalue weighted by molar-refractivity contribution is -0.144. The number of aliphatic hydroxyl groups excluding tert-OH is 1. The lowest BCUT2D eigenvalue weighted by Gasteiger charge is -2.39. The van der Waals surface area contributed by atoms with Crippen LogP contribution >= 0.6 is 11.3 Å². The van der Waals surface area contributed by atoms with E-state index in [0.717, 1.165) is 78.6 Å². The Morgan fingerprint density at radius 1 is 0.924 bits per heavy atom. The van der Waals surface area contributed by atoms with Gasteiger partial charge in [-0.25, -0.2) is 15.0 Å². The molecule has 4 aromatic rings. The molecule has 4 amide bonds. The highest BCUT2D eigenvalue weighted by molar-refractivity contribution is 7.13. The Kier molecular flexibility index (Phi) is 13.7. The fourth-order valence-corrected chi connectivity index (χ4v) is 10.7. The molecule has 8 rings (SSSR count). The summed E-state index contributed by atoms with van der Waals surface area (Å²) in [6.07, 6.45) is 11.3. The van der Waals surface area contributed by atoms with Crippen molar-refractivity contribution in [1.82, 2.24) is 40.4 Å². The van der Waals surface area contributed by atoms with E-state index in [1.807, 2.05) is 64.4 Å². The van der Waals surface area contributed by atoms with Crippen LogP contribution in [0.3, 0.4) is 0 Å². The van der Waals surface area contributed by atoms with E-state index in [4.69, 9.17) is 0 Å². The molecular formula is C49H64N10O6S. The van der Waals surface area contributed by atoms with E-state index in [9.17, 15) is 29.1 Å². The zero-order valence-corrected chi connectivity index (χ0v) is 39.6. The number of amides is 4. The van der Waals surface area contributed by atoms with Crippen molar-refractivity contribution in [3.05, 3.63) is 81.1 Å². The van der Waals surface area contributed by atoms with Crippen molar-refractivity contribution in [1.29, 1.82) is 0 Å². The zero-order chi connectivity index (χ0) is 46.8. The number of rotatable bonds is 17. The summed E-state index contributed by atoms with van der Waals surface area (Å²) in [6, 6.07) is 9.69. The summed E-state index contributed by atoms with van der Waals surface area (Å²) in [5.41, 5.74) is 5.18. The Hall–Kier alpha value is -5.68. The number of benzene rings is 1. The second-order valence-corrected chi connectivity index (χ2v) is 20.9. The summed E-state index contributed by atoms with van der Waals surface area (Å²) < 4.78 is 1.70. The number of β-amino-alcohol motifs (C(OH)–C–C–N with tert-alkyl or cyclic N) is 1. The third kappa shape index (κ3) is 10.3. The minimum Gasteiger partial charge on any atom is -0.391 e. The van der Waals surface area contributed by atoms with Crippen molar-refractivity contribution < 1.29 is 24.3 Å². The van der Waals surface area contributed by atoms with Gasteiger partial charge >= 0.3 is 0 Å². The third-order valence-electron chi connectivity index (χ3n) is 14.0. The Morgan fingerprint density at radius 2 is 1.62 bits per heavy atom. The molecule has 1 saturated heterocycles. The standard InChI is InChI=1S/C49H64N10O6S/c1-30-23-35(45(64)59-40(30)44(63)57-49(59)20-18-48(16-17-48)19-21-49)55-38-25-37(52-28-53-38)50-22-10-8-6-7-9-11-39(61)56-42(47(3,4)5)46(65)58-27-34(60)24-36(58)43(62)51-26-32-12-14-33(15-13-32)41-31(2)54-29-66-41/h12-15,23,25,28-29,34,36,42,60H,6-11,16-22,24,26-27H2,1-5H3,(H,51,62)(H,56,61)(H,57,63)(H2,50,52,53,55)/t34-,36?,42?/m1/s1. The highest BCUT2D eigenvalue weighted by Gasteiger charge is 2.54. The van der Waals surface area contributed by atoms with Crippen LogP contribution in [0.2, 0.25) is 0 Å². The van der Waals surface area contributed by atoms with Crippen molar-refractivity contribution in [2.75, 3.05) is 23.7 Å². The topological polar surface area (TPSA) is 213 Å². The number of unbranched alkanes of at least 4 members (excludes halogenated alkanes) is 4. The first-order chi connectivity index (χ1) is 31.5. The first-order valence-electron chi connectivity index (χ1n) is 23.5. The van der Waals surface area contributed by atoms with Crippen molar-refractivity contribution in [2.45, 2.75) is 148 Å². The van der Waals surface area contributed by atoms with E-state index < -0.39 is 29.3 Å². The Balaban J connectivity index is 0.758. The fraction of sp³-hybridized carbons (Fsp3) is 0.551. The molecule has 0 radical (unpaired) electrons. The van der Waals surface area contributed by atoms with Gasteiger partial charge in [0.25, 0.3) is 11.5 Å². The number of likely N-dealkylation sites (tertiary alicyclic amines) is 1. The van der Waals surface area contributed by atoms with Crippen LogP contribution in [0.1, 0.15) is 132 Å². The van der Waals surface area contributed by atoms with E-state index in [2.05, 4.69) is 41.5 Å². The second kappa shape index (κ2) is 19.3. The lowest BCUT2D eigenvalue weighted by atomic mass is 9.79. The van der Waals surface area contributed by atoms with Crippen LogP contribution in [0.25, 0.3) is 10.4 Å². The summed E-state index contributed by atoms with van der Waals surface area (Å²) >= 11 is 1.58. The number of aryl methyl sites for hydroxylation is 2. The van der Waals surface area contributed by atoms with Crippen molar-refractivity contribution in [3.8, 4) is 10.4 Å². The van der Waals surface area contributed by atoms with Crippen molar-refractivity contribution in [2.24, 2.45) is 10.8 Å². The molecular weight excluding hydrogens is 857 g/mol. The fourth-order valence-electron chi connectivity index (χ4n) is 9.90. The predicted octanol–water partition coefficient (Wildman–Crippen LogP) is 6.43. The number of thiazole rings is 1. The van der Waals surface area contributed by atoms with E-state index >= 15 is 0 Å². The van der Waals surface area contributed by atoms with Crippen LogP contribution in [0.15, 0.2) is 53.0 Å². The molecule has 4 aliphatic rings. The Labute approximate surface area is 390 Å². The SMILES string of the molecule is Cc1cc(Nc2cc(NCCCCCCCC(=O)NC(C(=O)N3C[C@H](O)CC3C(=O)NCc3ccc(-c4scnc4C)cc3)C(C)(C)C)ncn2)c(=O)n2c1C(=O)NC21CCC2(CC2)CC1. The number of hydrogen-bond acceptors (Lipinski definition) is 12. The van der Waals surface area contributed by atoms with Gasteiger partial charge in [0.15, 0.2) is 0 Å². The maximum Gasteiger partial charge on any atom is 0.276 e. The molecule has 2 unspecified atom stereocenters. The molecule has 16 nitrogen and oxygen atoms in total. The van der Waals surface area contributed by atoms with E-state index in [1.54, 1.807) is 28.0 Å². The molecule has 2 saturated carbocycles. The van der Waals surface area contributed by atoms with Crippen LogP contribution in [-0.4, -0.2) is 84.4 Å². The first-order valence-corrected chi connectivity index (χ1v) is 24.4. The smallest absolute Gasteiger partial charge is 0.276 e. The monoisotopic (exact) mass is 920 g/mol. The number of carbonyl (C=O) groups excluding carboxylic acids is 4.